The van der Waals surface area contributed by atoms with Gasteiger partial charge in [-0.15, -0.1) is 0 Å². The molecule has 7 heteroatoms. The van der Waals surface area contributed by atoms with E-state index in [2.05, 4.69) is 0 Å². The minimum absolute atomic E-state index is 0.388. The topological polar surface area (TPSA) is 121 Å². The van der Waals surface area contributed by atoms with Crippen LogP contribution in [0.5, 0.6) is 0 Å². The smallest absolute Gasteiger partial charge is 0.357 e. The summed E-state index contributed by atoms with van der Waals surface area (Å²) in [5.41, 5.74) is 5.14. The first-order valence-corrected chi connectivity index (χ1v) is 5.60. The number of carboxylic acid groups (broad SMARTS) is 1. The third kappa shape index (κ3) is 2.92. The van der Waals surface area contributed by atoms with Gasteiger partial charge in [-0.25, -0.2) is 4.79 Å². The van der Waals surface area contributed by atoms with Crippen molar-refractivity contribution in [2.75, 3.05) is 0 Å². The van der Waals surface area contributed by atoms with E-state index in [9.17, 15) is 9.36 Å². The van der Waals surface area contributed by atoms with E-state index in [1.165, 1.54) is 6.08 Å². The molecule has 5 N–H and O–H groups in total. The summed E-state index contributed by atoms with van der Waals surface area (Å²) in [5, 5.41) is 6.10. The average Bonchev–Trinajstić information content (AvgIpc) is 2.02. The Morgan fingerprint density at radius 2 is 2.00 bits per heavy atom. The highest BCUT2D eigenvalue weighted by Gasteiger charge is 2.49. The van der Waals surface area contributed by atoms with Crippen molar-refractivity contribution in [1.29, 1.82) is 0 Å². The van der Waals surface area contributed by atoms with E-state index in [4.69, 9.17) is 20.6 Å². The van der Waals surface area contributed by atoms with Crippen molar-refractivity contribution in [3.63, 3.8) is 0 Å². The molecule has 0 aliphatic carbocycles. The van der Waals surface area contributed by atoms with E-state index in [0.717, 1.165) is 0 Å². The van der Waals surface area contributed by atoms with Crippen LogP contribution in [0.4, 0.5) is 0 Å². The van der Waals surface area contributed by atoms with Crippen molar-refractivity contribution >= 4 is 13.6 Å². The molecule has 0 saturated heterocycles. The number of hydrogen-bond acceptors (Lipinski definition) is 3. The first kappa shape index (κ1) is 13.3. The fourth-order valence-corrected chi connectivity index (χ4v) is 1.35. The van der Waals surface area contributed by atoms with Crippen LogP contribution >= 0.6 is 7.60 Å². The Morgan fingerprint density at radius 1 is 1.50 bits per heavy atom. The van der Waals surface area contributed by atoms with Crippen LogP contribution in [-0.4, -0.2) is 26.1 Å². The van der Waals surface area contributed by atoms with Crippen molar-refractivity contribution in [3.05, 3.63) is 12.2 Å². The van der Waals surface area contributed by atoms with Crippen LogP contribution in [0.25, 0.3) is 0 Å². The zero-order valence-electron chi connectivity index (χ0n) is 7.75. The second kappa shape index (κ2) is 4.70. The Bertz CT molecular complexity index is 284. The number of nitrogens with two attached hydrogens (primary N) is 1. The number of allylic oxidation sites excluding steroid dienone is 1. The summed E-state index contributed by atoms with van der Waals surface area (Å²) in [4.78, 5) is 28.2. The summed E-state index contributed by atoms with van der Waals surface area (Å²) < 4.78 is 10.8. The van der Waals surface area contributed by atoms with Crippen LogP contribution in [0.3, 0.4) is 0 Å². The van der Waals surface area contributed by atoms with Crippen LogP contribution in [0.15, 0.2) is 12.2 Å². The Kier molecular flexibility index (Phi) is 4.48. The second-order valence-corrected chi connectivity index (χ2v) is 4.74. The minimum Gasteiger partial charge on any atom is -0.479 e. The van der Waals surface area contributed by atoms with Gasteiger partial charge in [-0.2, -0.15) is 0 Å². The van der Waals surface area contributed by atoms with Gasteiger partial charge in [0.25, 0.3) is 0 Å². The van der Waals surface area contributed by atoms with E-state index >= 15 is 0 Å². The molecule has 0 spiro atoms. The SMILES string of the molecule is CC/C=C/CC(N)(C(=O)O)P(=O)(O)O. The van der Waals surface area contributed by atoms with E-state index in [1.54, 1.807) is 6.08 Å². The molecule has 0 heterocycles. The molecule has 1 unspecified atom stereocenters. The number of carboxylic acids is 1. The van der Waals surface area contributed by atoms with Crippen molar-refractivity contribution in [1.82, 2.24) is 0 Å². The summed E-state index contributed by atoms with van der Waals surface area (Å²) in [5.74, 6) is -1.70. The predicted octanol–water partition coefficient (Wildman–Crippen LogP) is 0.260. The van der Waals surface area contributed by atoms with Crippen molar-refractivity contribution in [3.8, 4) is 0 Å². The summed E-state index contributed by atoms with van der Waals surface area (Å²) in [6, 6.07) is 0. The molecular weight excluding hydrogens is 209 g/mol. The zero-order valence-corrected chi connectivity index (χ0v) is 8.65. The van der Waals surface area contributed by atoms with Gasteiger partial charge < -0.3 is 20.6 Å². The molecule has 1 atom stereocenters. The molecule has 0 aromatic rings. The Balaban J connectivity index is 4.85. The molecule has 0 aromatic heterocycles. The molecular formula is C7H14NO5P. The third-order valence-corrected chi connectivity index (χ3v) is 3.13. The van der Waals surface area contributed by atoms with E-state index < -0.39 is 18.8 Å². The Labute approximate surface area is 81.6 Å². The normalized spacial score (nSPS) is 16.9. The largest absolute Gasteiger partial charge is 0.479 e. The molecule has 14 heavy (non-hydrogen) atoms. The first-order valence-electron chi connectivity index (χ1n) is 3.98. The molecule has 0 fully saturated rings. The summed E-state index contributed by atoms with van der Waals surface area (Å²) in [6.45, 7) is 1.81. The second-order valence-electron chi connectivity index (χ2n) is 2.86. The molecule has 0 radical (unpaired) electrons. The Hall–Kier alpha value is -0.680. The molecule has 6 nitrogen and oxygen atoms in total. The first-order chi connectivity index (χ1) is 6.25. The molecule has 0 rings (SSSR count). The summed E-state index contributed by atoms with van der Waals surface area (Å²) in [6.07, 6.45) is 3.21. The standard InChI is InChI=1S/C7H14NO5P/c1-2-3-4-5-7(8,6(9)10)14(11,12)13/h3-4H,2,5,8H2,1H3,(H,9,10)(H2,11,12,13)/b4-3+. The van der Waals surface area contributed by atoms with Gasteiger partial charge in [0, 0.05) is 6.42 Å². The quantitative estimate of drug-likeness (QED) is 0.392. The monoisotopic (exact) mass is 223 g/mol. The van der Waals surface area contributed by atoms with Crippen LogP contribution in [-0.2, 0) is 9.36 Å². The average molecular weight is 223 g/mol. The molecule has 0 aliphatic heterocycles. The van der Waals surface area contributed by atoms with Gasteiger partial charge >= 0.3 is 13.6 Å². The van der Waals surface area contributed by atoms with Gasteiger partial charge in [0.1, 0.15) is 0 Å². The van der Waals surface area contributed by atoms with Crippen molar-refractivity contribution < 1.29 is 24.3 Å². The maximum absolute atomic E-state index is 10.8. The lowest BCUT2D eigenvalue weighted by Gasteiger charge is -2.23. The van der Waals surface area contributed by atoms with Gasteiger partial charge in [0.05, 0.1) is 0 Å². The van der Waals surface area contributed by atoms with E-state index in [0.29, 0.717) is 6.42 Å². The highest BCUT2D eigenvalue weighted by Crippen LogP contribution is 2.49. The lowest BCUT2D eigenvalue weighted by atomic mass is 10.2. The van der Waals surface area contributed by atoms with Crippen LogP contribution in [0.2, 0.25) is 0 Å². The number of rotatable bonds is 5. The van der Waals surface area contributed by atoms with Gasteiger partial charge in [-0.3, -0.25) is 4.57 Å². The van der Waals surface area contributed by atoms with Crippen LogP contribution in [0, 0.1) is 0 Å². The van der Waals surface area contributed by atoms with Gasteiger partial charge in [0.15, 0.2) is 0 Å². The van der Waals surface area contributed by atoms with Gasteiger partial charge in [-0.05, 0) is 6.42 Å². The Morgan fingerprint density at radius 3 is 2.29 bits per heavy atom. The van der Waals surface area contributed by atoms with E-state index in [1.807, 2.05) is 6.92 Å². The number of hydrogen-bond donors (Lipinski definition) is 4. The van der Waals surface area contributed by atoms with Crippen LogP contribution in [0.1, 0.15) is 19.8 Å². The van der Waals surface area contributed by atoms with Gasteiger partial charge in [0.2, 0.25) is 5.28 Å². The maximum atomic E-state index is 10.8. The number of aliphatic carboxylic acids is 1. The maximum Gasteiger partial charge on any atom is 0.357 e. The minimum atomic E-state index is -4.86. The van der Waals surface area contributed by atoms with Gasteiger partial charge in [-0.1, -0.05) is 19.1 Å². The highest BCUT2D eigenvalue weighted by atomic mass is 31.2. The molecule has 0 aromatic carbocycles. The molecule has 0 saturated carbocycles. The molecule has 82 valence electrons. The van der Waals surface area contributed by atoms with Crippen molar-refractivity contribution in [2.24, 2.45) is 5.73 Å². The third-order valence-electron chi connectivity index (χ3n) is 1.72. The predicted molar refractivity (Wildman–Crippen MR) is 50.6 cm³/mol. The fraction of sp³-hybridized carbons (Fsp3) is 0.571. The number of carbonyl (C=O) groups is 1. The van der Waals surface area contributed by atoms with Crippen LogP contribution < -0.4 is 5.73 Å². The molecule has 0 aliphatic rings. The molecule has 0 amide bonds. The lowest BCUT2D eigenvalue weighted by Crippen LogP contribution is -2.47. The lowest BCUT2D eigenvalue weighted by molar-refractivity contribution is -0.140. The summed E-state index contributed by atoms with van der Waals surface area (Å²) >= 11 is 0. The molecule has 0 bridgehead atoms. The summed E-state index contributed by atoms with van der Waals surface area (Å²) in [7, 11) is -4.86. The fourth-order valence-electron chi connectivity index (χ4n) is 0.760. The van der Waals surface area contributed by atoms with E-state index in [-0.39, 0.29) is 6.42 Å². The highest BCUT2D eigenvalue weighted by molar-refractivity contribution is 7.54. The zero-order chi connectivity index (χ0) is 11.4. The van der Waals surface area contributed by atoms with Crippen molar-refractivity contribution in [2.45, 2.75) is 25.0 Å².